The summed E-state index contributed by atoms with van der Waals surface area (Å²) >= 11 is 0. The number of rotatable bonds is 7. The minimum atomic E-state index is -3.47. The maximum atomic E-state index is 13.2. The average Bonchev–Trinajstić information content (AvgIpc) is 3.07. The van der Waals surface area contributed by atoms with Crippen molar-refractivity contribution >= 4 is 15.9 Å². The van der Waals surface area contributed by atoms with Crippen LogP contribution < -0.4 is 0 Å². The smallest absolute Gasteiger partial charge is 0.241 e. The molecule has 2 aliphatic heterocycles. The Bertz CT molecular complexity index is 722. The van der Waals surface area contributed by atoms with Gasteiger partial charge in [0.25, 0.3) is 0 Å². The molecule has 1 aromatic rings. The summed E-state index contributed by atoms with van der Waals surface area (Å²) in [6, 6.07) is 8.89. The molecule has 0 aromatic heterocycles. The van der Waals surface area contributed by atoms with Crippen LogP contribution in [0.25, 0.3) is 0 Å². The van der Waals surface area contributed by atoms with E-state index in [-0.39, 0.29) is 23.8 Å². The summed E-state index contributed by atoms with van der Waals surface area (Å²) in [6.45, 7) is 2.89. The number of piperazine rings is 1. The van der Waals surface area contributed by atoms with E-state index in [0.717, 1.165) is 12.0 Å². The quantitative estimate of drug-likeness (QED) is 0.722. The van der Waals surface area contributed by atoms with Crippen LogP contribution in [0.15, 0.2) is 30.3 Å². The van der Waals surface area contributed by atoms with Crippen molar-refractivity contribution in [2.75, 3.05) is 26.0 Å². The average molecular weight is 381 g/mol. The number of amides is 1. The number of nitrogens with zero attached hydrogens (tertiary/aromatic N) is 2. The predicted molar refractivity (Wildman–Crippen MR) is 100 cm³/mol. The lowest BCUT2D eigenvalue weighted by Crippen LogP contribution is -2.62. The number of hydrogen-bond acceptors (Lipinski definition) is 4. The van der Waals surface area contributed by atoms with Crippen molar-refractivity contribution in [3.05, 3.63) is 35.9 Å². The Hall–Kier alpha value is -1.44. The normalized spacial score (nSPS) is 26.9. The van der Waals surface area contributed by atoms with E-state index in [2.05, 4.69) is 0 Å². The van der Waals surface area contributed by atoms with Crippen LogP contribution >= 0.6 is 0 Å². The summed E-state index contributed by atoms with van der Waals surface area (Å²) in [5, 5.41) is 0. The predicted octanol–water partition coefficient (Wildman–Crippen LogP) is 1.66. The van der Waals surface area contributed by atoms with Crippen LogP contribution in [0.4, 0.5) is 0 Å². The van der Waals surface area contributed by atoms with Crippen LogP contribution in [0.3, 0.4) is 0 Å². The molecule has 26 heavy (non-hydrogen) atoms. The first-order valence-corrected chi connectivity index (χ1v) is 10.9. The zero-order chi connectivity index (χ0) is 18.7. The van der Waals surface area contributed by atoms with Gasteiger partial charge in [0.05, 0.1) is 11.9 Å². The molecule has 0 spiro atoms. The van der Waals surface area contributed by atoms with Gasteiger partial charge < -0.3 is 9.64 Å². The lowest BCUT2D eigenvalue weighted by Gasteiger charge is -2.42. The zero-order valence-corrected chi connectivity index (χ0v) is 16.3. The van der Waals surface area contributed by atoms with Crippen LogP contribution in [0.5, 0.6) is 0 Å². The molecule has 0 saturated carbocycles. The molecule has 0 unspecified atom stereocenters. The summed E-state index contributed by atoms with van der Waals surface area (Å²) in [4.78, 5) is 15.0. The number of hydrogen-bond donors (Lipinski definition) is 0. The van der Waals surface area contributed by atoms with Gasteiger partial charge in [-0.25, -0.2) is 8.42 Å². The molecule has 0 aliphatic carbocycles. The molecule has 0 N–H and O–H groups in total. The van der Waals surface area contributed by atoms with Crippen LogP contribution in [-0.2, 0) is 26.0 Å². The standard InChI is InChI=1S/C19H28N2O4S/c1-3-4-10-26(23,24)21-13-16-12-17(25-2)14-20(16)19(22)18(21)11-15-8-6-5-7-9-15/h5-9,16-18H,3-4,10-14H2,1-2H3/t16-,17-,18-/m0/s1. The molecule has 1 amide bonds. The molecule has 2 fully saturated rings. The van der Waals surface area contributed by atoms with E-state index in [0.29, 0.717) is 32.4 Å². The summed E-state index contributed by atoms with van der Waals surface area (Å²) in [5.74, 6) is 0.00685. The Balaban J connectivity index is 1.89. The number of benzene rings is 1. The van der Waals surface area contributed by atoms with Gasteiger partial charge in [-0.3, -0.25) is 4.79 Å². The topological polar surface area (TPSA) is 66.9 Å². The SMILES string of the molecule is CCCCS(=O)(=O)N1C[C@@H]2C[C@H](OC)CN2C(=O)[C@@H]1Cc1ccccc1. The molecule has 0 bridgehead atoms. The van der Waals surface area contributed by atoms with Gasteiger partial charge in [-0.15, -0.1) is 0 Å². The van der Waals surface area contributed by atoms with E-state index in [1.807, 2.05) is 42.2 Å². The molecule has 0 radical (unpaired) electrons. The first kappa shape index (κ1) is 19.3. The van der Waals surface area contributed by atoms with Crippen molar-refractivity contribution < 1.29 is 17.9 Å². The molecule has 144 valence electrons. The largest absolute Gasteiger partial charge is 0.380 e. The van der Waals surface area contributed by atoms with Crippen molar-refractivity contribution in [2.45, 2.75) is 50.8 Å². The van der Waals surface area contributed by atoms with Crippen molar-refractivity contribution in [2.24, 2.45) is 0 Å². The summed E-state index contributed by atoms with van der Waals surface area (Å²) in [5.41, 5.74) is 0.975. The second kappa shape index (κ2) is 8.06. The van der Waals surface area contributed by atoms with Gasteiger partial charge in [0.1, 0.15) is 6.04 Å². The molecule has 3 rings (SSSR count). The van der Waals surface area contributed by atoms with E-state index < -0.39 is 16.1 Å². The summed E-state index contributed by atoms with van der Waals surface area (Å²) in [6.07, 6.45) is 2.51. The third-order valence-corrected chi connectivity index (χ3v) is 7.32. The Morgan fingerprint density at radius 2 is 1.92 bits per heavy atom. The van der Waals surface area contributed by atoms with Crippen molar-refractivity contribution in [1.29, 1.82) is 0 Å². The van der Waals surface area contributed by atoms with E-state index in [1.165, 1.54) is 4.31 Å². The van der Waals surface area contributed by atoms with Crippen LogP contribution in [0, 0.1) is 0 Å². The van der Waals surface area contributed by atoms with Crippen molar-refractivity contribution in [3.8, 4) is 0 Å². The Kier molecular flexibility index (Phi) is 5.99. The molecular formula is C19H28N2O4S. The zero-order valence-electron chi connectivity index (χ0n) is 15.5. The first-order valence-electron chi connectivity index (χ1n) is 9.33. The molecule has 6 nitrogen and oxygen atoms in total. The molecule has 2 heterocycles. The van der Waals surface area contributed by atoms with E-state index in [1.54, 1.807) is 7.11 Å². The molecule has 2 saturated heterocycles. The van der Waals surface area contributed by atoms with Crippen molar-refractivity contribution in [1.82, 2.24) is 9.21 Å². The van der Waals surface area contributed by atoms with Crippen LogP contribution in [0.2, 0.25) is 0 Å². The summed E-state index contributed by atoms with van der Waals surface area (Å²) in [7, 11) is -1.82. The van der Waals surface area contributed by atoms with E-state index in [4.69, 9.17) is 4.74 Å². The Labute approximate surface area is 156 Å². The number of carbonyl (C=O) groups is 1. The van der Waals surface area contributed by atoms with Gasteiger partial charge in [0, 0.05) is 26.2 Å². The number of sulfonamides is 1. The van der Waals surface area contributed by atoms with Gasteiger partial charge >= 0.3 is 0 Å². The summed E-state index contributed by atoms with van der Waals surface area (Å²) < 4.78 is 32.8. The van der Waals surface area contributed by atoms with Crippen molar-refractivity contribution in [3.63, 3.8) is 0 Å². The van der Waals surface area contributed by atoms with Gasteiger partial charge in [0.15, 0.2) is 0 Å². The lowest BCUT2D eigenvalue weighted by molar-refractivity contribution is -0.140. The molecular weight excluding hydrogens is 352 g/mol. The second-order valence-corrected chi connectivity index (χ2v) is 9.22. The molecule has 2 aliphatic rings. The van der Waals surface area contributed by atoms with E-state index >= 15 is 0 Å². The molecule has 7 heteroatoms. The maximum absolute atomic E-state index is 13.2. The molecule has 3 atom stereocenters. The van der Waals surface area contributed by atoms with Gasteiger partial charge in [-0.1, -0.05) is 43.7 Å². The molecule has 1 aromatic carbocycles. The Morgan fingerprint density at radius 3 is 2.58 bits per heavy atom. The highest BCUT2D eigenvalue weighted by Crippen LogP contribution is 2.30. The third-order valence-electron chi connectivity index (χ3n) is 5.40. The number of unbranched alkanes of at least 4 members (excludes halogenated alkanes) is 1. The highest BCUT2D eigenvalue weighted by molar-refractivity contribution is 7.89. The number of methoxy groups -OCH3 is 1. The maximum Gasteiger partial charge on any atom is 0.241 e. The number of carbonyl (C=O) groups excluding carboxylic acids is 1. The van der Waals surface area contributed by atoms with Crippen LogP contribution in [-0.4, -0.2) is 67.7 Å². The Morgan fingerprint density at radius 1 is 1.19 bits per heavy atom. The number of fused-ring (bicyclic) bond motifs is 1. The fourth-order valence-electron chi connectivity index (χ4n) is 3.91. The number of ether oxygens (including phenoxy) is 1. The van der Waals surface area contributed by atoms with Crippen LogP contribution in [0.1, 0.15) is 31.7 Å². The minimum Gasteiger partial charge on any atom is -0.380 e. The van der Waals surface area contributed by atoms with E-state index in [9.17, 15) is 13.2 Å². The highest BCUT2D eigenvalue weighted by atomic mass is 32.2. The van der Waals surface area contributed by atoms with Gasteiger partial charge in [0.2, 0.25) is 15.9 Å². The monoisotopic (exact) mass is 380 g/mol. The fourth-order valence-corrected chi connectivity index (χ4v) is 5.75. The van der Waals surface area contributed by atoms with Gasteiger partial charge in [-0.2, -0.15) is 4.31 Å². The van der Waals surface area contributed by atoms with Gasteiger partial charge in [-0.05, 0) is 24.8 Å². The third kappa shape index (κ3) is 3.94. The minimum absolute atomic E-state index is 0.0142. The lowest BCUT2D eigenvalue weighted by atomic mass is 10.0. The highest BCUT2D eigenvalue weighted by Gasteiger charge is 2.48. The second-order valence-electron chi connectivity index (χ2n) is 7.18. The fraction of sp³-hybridized carbons (Fsp3) is 0.632. The first-order chi connectivity index (χ1) is 12.5.